The number of benzene rings is 1. The van der Waals surface area contributed by atoms with E-state index < -0.39 is 13.0 Å². The molecule has 6 nitrogen and oxygen atoms in total. The molecule has 2 unspecified atom stereocenters. The minimum absolute atomic E-state index is 0.00173. The second kappa shape index (κ2) is 7.34. The molecule has 1 aromatic carbocycles. The zero-order valence-corrected chi connectivity index (χ0v) is 14.1. The summed E-state index contributed by atoms with van der Waals surface area (Å²) in [6.07, 6.45) is 1.86. The van der Waals surface area contributed by atoms with Crippen LogP contribution in [0.1, 0.15) is 36.1 Å². The molecule has 2 atom stereocenters. The average Bonchev–Trinajstić information content (AvgIpc) is 3.10. The Bertz CT molecular complexity index is 900. The molecule has 3 aromatic rings. The summed E-state index contributed by atoms with van der Waals surface area (Å²) in [5, 5.41) is 3.93. The van der Waals surface area contributed by atoms with Crippen LogP contribution in [0.5, 0.6) is 5.88 Å². The minimum Gasteiger partial charge on any atom is -0.470 e. The fraction of sp³-hybridized carbons (Fsp3) is 0.333. The molecule has 0 N–H and O–H groups in total. The average molecular weight is 376 g/mol. The first-order valence-corrected chi connectivity index (χ1v) is 8.42. The summed E-state index contributed by atoms with van der Waals surface area (Å²) in [7, 11) is 0. The van der Waals surface area contributed by atoms with Crippen molar-refractivity contribution in [2.75, 3.05) is 6.61 Å². The van der Waals surface area contributed by atoms with Gasteiger partial charge in [0.15, 0.2) is 6.61 Å². The molecule has 0 spiro atoms. The van der Waals surface area contributed by atoms with Crippen LogP contribution in [0.4, 0.5) is 13.2 Å². The van der Waals surface area contributed by atoms with Crippen molar-refractivity contribution in [2.45, 2.75) is 31.1 Å². The lowest BCUT2D eigenvalue weighted by Gasteiger charge is -2.34. The lowest BCUT2D eigenvalue weighted by molar-refractivity contribution is 0.0794. The van der Waals surface area contributed by atoms with Gasteiger partial charge >= 0.3 is 0 Å². The molecule has 2 aromatic heterocycles. The maximum Gasteiger partial charge on any atom is 0.272 e. The van der Waals surface area contributed by atoms with E-state index in [1.165, 1.54) is 24.5 Å². The lowest BCUT2D eigenvalue weighted by atomic mass is 9.70. The maximum absolute atomic E-state index is 13.1. The molecule has 0 bridgehead atoms. The van der Waals surface area contributed by atoms with Gasteiger partial charge in [0.05, 0.1) is 12.4 Å². The number of aromatic nitrogens is 4. The minimum atomic E-state index is -2.58. The third-order valence-electron chi connectivity index (χ3n) is 4.55. The van der Waals surface area contributed by atoms with Crippen LogP contribution in [-0.4, -0.2) is 33.1 Å². The van der Waals surface area contributed by atoms with E-state index in [1.54, 1.807) is 12.1 Å². The summed E-state index contributed by atoms with van der Waals surface area (Å²) in [5.41, 5.74) is 1.39. The summed E-state index contributed by atoms with van der Waals surface area (Å²) < 4.78 is 47.5. The van der Waals surface area contributed by atoms with Crippen molar-refractivity contribution in [1.82, 2.24) is 20.1 Å². The van der Waals surface area contributed by atoms with Crippen LogP contribution in [-0.2, 0) is 0 Å². The van der Waals surface area contributed by atoms with E-state index >= 15 is 0 Å². The number of hydrogen-bond donors (Lipinski definition) is 0. The highest BCUT2D eigenvalue weighted by Gasteiger charge is 2.37. The molecule has 1 saturated carbocycles. The van der Waals surface area contributed by atoms with E-state index in [-0.39, 0.29) is 29.4 Å². The molecular weight excluding hydrogens is 361 g/mol. The Labute approximate surface area is 152 Å². The molecular formula is C18H15F3N4O2. The van der Waals surface area contributed by atoms with E-state index in [9.17, 15) is 13.2 Å². The lowest BCUT2D eigenvalue weighted by Crippen LogP contribution is -2.22. The summed E-state index contributed by atoms with van der Waals surface area (Å²) in [6, 6.07) is 6.43. The van der Waals surface area contributed by atoms with E-state index in [4.69, 9.17) is 9.26 Å². The van der Waals surface area contributed by atoms with Crippen molar-refractivity contribution in [3.63, 3.8) is 0 Å². The molecule has 9 heteroatoms. The highest BCUT2D eigenvalue weighted by molar-refractivity contribution is 5.46. The van der Waals surface area contributed by atoms with Crippen LogP contribution in [0, 0.1) is 5.82 Å². The Balaban J connectivity index is 1.46. The second-order valence-corrected chi connectivity index (χ2v) is 6.24. The number of nitrogens with zero attached hydrogens (tertiary/aromatic N) is 4. The summed E-state index contributed by atoms with van der Waals surface area (Å²) in [6.45, 7) is -0.743. The Morgan fingerprint density at radius 1 is 1.07 bits per heavy atom. The fourth-order valence-corrected chi connectivity index (χ4v) is 3.05. The smallest absolute Gasteiger partial charge is 0.272 e. The van der Waals surface area contributed by atoms with Gasteiger partial charge in [-0.3, -0.25) is 0 Å². The van der Waals surface area contributed by atoms with Crippen molar-refractivity contribution in [2.24, 2.45) is 0 Å². The topological polar surface area (TPSA) is 73.9 Å². The number of rotatable bonds is 6. The van der Waals surface area contributed by atoms with Gasteiger partial charge in [0.1, 0.15) is 11.5 Å². The number of hydrogen-bond acceptors (Lipinski definition) is 6. The number of ether oxygens (including phenoxy) is 1. The molecule has 0 amide bonds. The van der Waals surface area contributed by atoms with Gasteiger partial charge in [-0.1, -0.05) is 17.3 Å². The molecule has 140 valence electrons. The predicted molar refractivity (Wildman–Crippen MR) is 87.9 cm³/mol. The fourth-order valence-electron chi connectivity index (χ4n) is 3.05. The molecule has 1 aliphatic carbocycles. The predicted octanol–water partition coefficient (Wildman–Crippen LogP) is 3.97. The first-order valence-electron chi connectivity index (χ1n) is 8.42. The Morgan fingerprint density at radius 2 is 1.85 bits per heavy atom. The highest BCUT2D eigenvalue weighted by Crippen LogP contribution is 2.48. The molecule has 1 aliphatic rings. The van der Waals surface area contributed by atoms with Crippen LogP contribution in [0.15, 0.2) is 41.2 Å². The zero-order chi connectivity index (χ0) is 18.8. The first kappa shape index (κ1) is 17.4. The van der Waals surface area contributed by atoms with Crippen LogP contribution in [0.3, 0.4) is 0 Å². The largest absolute Gasteiger partial charge is 0.470 e. The van der Waals surface area contributed by atoms with E-state index in [0.717, 1.165) is 18.4 Å². The highest BCUT2D eigenvalue weighted by atomic mass is 19.3. The van der Waals surface area contributed by atoms with Crippen molar-refractivity contribution in [3.8, 4) is 17.4 Å². The van der Waals surface area contributed by atoms with Crippen molar-refractivity contribution >= 4 is 0 Å². The van der Waals surface area contributed by atoms with Gasteiger partial charge in [0.2, 0.25) is 17.6 Å². The molecule has 27 heavy (non-hydrogen) atoms. The summed E-state index contributed by atoms with van der Waals surface area (Å²) in [5.74, 6) is 0.758. The molecule has 1 fully saturated rings. The van der Waals surface area contributed by atoms with Gasteiger partial charge in [0.25, 0.3) is 6.43 Å². The normalized spacial score (nSPS) is 19.1. The van der Waals surface area contributed by atoms with Gasteiger partial charge in [-0.25, -0.2) is 23.1 Å². The van der Waals surface area contributed by atoms with Crippen molar-refractivity contribution in [1.29, 1.82) is 0 Å². The Kier molecular flexibility index (Phi) is 4.74. The molecule has 0 saturated heterocycles. The maximum atomic E-state index is 13.1. The molecule has 0 radical (unpaired) electrons. The Morgan fingerprint density at radius 3 is 2.48 bits per heavy atom. The molecule has 2 heterocycles. The second-order valence-electron chi connectivity index (χ2n) is 6.24. The van der Waals surface area contributed by atoms with Gasteiger partial charge < -0.3 is 9.26 Å². The summed E-state index contributed by atoms with van der Waals surface area (Å²) >= 11 is 0. The monoisotopic (exact) mass is 376 g/mol. The van der Waals surface area contributed by atoms with Crippen LogP contribution in [0.25, 0.3) is 11.5 Å². The third-order valence-corrected chi connectivity index (χ3v) is 4.55. The zero-order valence-electron chi connectivity index (χ0n) is 14.1. The van der Waals surface area contributed by atoms with Crippen LogP contribution >= 0.6 is 0 Å². The van der Waals surface area contributed by atoms with Gasteiger partial charge in [-0.05, 0) is 36.5 Å². The van der Waals surface area contributed by atoms with E-state index in [2.05, 4.69) is 20.1 Å². The van der Waals surface area contributed by atoms with Gasteiger partial charge in [-0.2, -0.15) is 4.98 Å². The summed E-state index contributed by atoms with van der Waals surface area (Å²) in [4.78, 5) is 12.4. The van der Waals surface area contributed by atoms with Crippen LogP contribution in [0.2, 0.25) is 0 Å². The van der Waals surface area contributed by atoms with Crippen molar-refractivity contribution in [3.05, 3.63) is 53.9 Å². The van der Waals surface area contributed by atoms with Gasteiger partial charge in [-0.15, -0.1) is 0 Å². The van der Waals surface area contributed by atoms with Gasteiger partial charge in [0, 0.05) is 5.92 Å². The van der Waals surface area contributed by atoms with Crippen molar-refractivity contribution < 1.29 is 22.4 Å². The standard InChI is InChI=1S/C18H15F3N4O2/c19-11-3-1-10(2-4-11)12-5-6-13(12)18-24-17(25-27-18)14-7-23-16(8-22-14)26-9-15(20)21/h1-4,7-8,12-13,15H,5-6,9H2. The number of halogens is 3. The number of alkyl halides is 2. The SMILES string of the molecule is Fc1ccc(C2CCC2c2nc(-c3cnc(OCC(F)F)cn3)no2)cc1. The van der Waals surface area contributed by atoms with E-state index in [0.29, 0.717) is 11.6 Å². The first-order chi connectivity index (χ1) is 13.1. The van der Waals surface area contributed by atoms with E-state index in [1.807, 2.05) is 0 Å². The molecule has 0 aliphatic heterocycles. The molecule has 4 rings (SSSR count). The van der Waals surface area contributed by atoms with Crippen LogP contribution < -0.4 is 4.74 Å². The Hall–Kier alpha value is -2.97. The quantitative estimate of drug-likeness (QED) is 0.648. The third kappa shape index (κ3) is 3.76.